The Kier molecular flexibility index (Phi) is 3.14. The number of piperazine rings is 1. The number of nitrogens with zero attached hydrogens (tertiary/aromatic N) is 6. The maximum absolute atomic E-state index is 4.27. The molecule has 0 aliphatic carbocycles. The van der Waals surface area contributed by atoms with Gasteiger partial charge in [0, 0.05) is 38.6 Å². The molecule has 3 rings (SSSR count). The molecule has 1 aliphatic rings. The first-order chi connectivity index (χ1) is 8.92. The molecule has 1 saturated heterocycles. The molecule has 0 saturated carbocycles. The Morgan fingerprint density at radius 3 is 2.50 bits per heavy atom. The fraction of sp³-hybridized carbons (Fsp3) is 0.455. The highest BCUT2D eigenvalue weighted by molar-refractivity contribution is 5.29. The van der Waals surface area contributed by atoms with Gasteiger partial charge in [-0.25, -0.2) is 15.0 Å². The fourth-order valence-electron chi connectivity index (χ4n) is 2.08. The number of anilines is 1. The van der Waals surface area contributed by atoms with Crippen molar-refractivity contribution in [2.24, 2.45) is 0 Å². The van der Waals surface area contributed by atoms with Crippen molar-refractivity contribution < 1.29 is 0 Å². The van der Waals surface area contributed by atoms with Crippen molar-refractivity contribution in [3.05, 3.63) is 30.6 Å². The molecule has 3 heterocycles. The fourth-order valence-corrected chi connectivity index (χ4v) is 2.08. The third kappa shape index (κ3) is 2.45. The lowest BCUT2D eigenvalue weighted by Crippen LogP contribution is -2.46. The lowest BCUT2D eigenvalue weighted by molar-refractivity contribution is 0.243. The van der Waals surface area contributed by atoms with Gasteiger partial charge in [0.25, 0.3) is 0 Å². The highest BCUT2D eigenvalue weighted by atomic mass is 15.3. The molecule has 0 aromatic carbocycles. The second-order valence-electron chi connectivity index (χ2n) is 4.24. The van der Waals surface area contributed by atoms with Crippen LogP contribution in [-0.2, 0) is 6.54 Å². The van der Waals surface area contributed by atoms with Crippen LogP contribution >= 0.6 is 0 Å². The molecule has 7 heteroatoms. The Balaban J connectivity index is 1.55. The van der Waals surface area contributed by atoms with E-state index in [1.165, 1.54) is 0 Å². The summed E-state index contributed by atoms with van der Waals surface area (Å²) in [6, 6.07) is 1.84. The summed E-state index contributed by atoms with van der Waals surface area (Å²) in [5.74, 6) is 1.73. The average molecular weight is 245 g/mol. The second-order valence-corrected chi connectivity index (χ2v) is 4.24. The molecule has 0 atom stereocenters. The highest BCUT2D eigenvalue weighted by Gasteiger charge is 2.19. The minimum atomic E-state index is 0.816. The van der Waals surface area contributed by atoms with Crippen LogP contribution in [0.25, 0.3) is 0 Å². The molecule has 7 nitrogen and oxygen atoms in total. The van der Waals surface area contributed by atoms with Crippen molar-refractivity contribution in [1.82, 2.24) is 30.0 Å². The van der Waals surface area contributed by atoms with E-state index in [9.17, 15) is 0 Å². The molecule has 0 spiro atoms. The summed E-state index contributed by atoms with van der Waals surface area (Å²) in [6.07, 6.45) is 5.11. The summed E-state index contributed by atoms with van der Waals surface area (Å²) in [5, 5.41) is 6.74. The lowest BCUT2D eigenvalue weighted by atomic mass is 10.3. The van der Waals surface area contributed by atoms with Gasteiger partial charge in [-0.1, -0.05) is 0 Å². The average Bonchev–Trinajstić information content (AvgIpc) is 2.94. The molecule has 94 valence electrons. The van der Waals surface area contributed by atoms with Gasteiger partial charge in [0.15, 0.2) is 0 Å². The van der Waals surface area contributed by atoms with Crippen molar-refractivity contribution in [2.45, 2.75) is 6.54 Å². The van der Waals surface area contributed by atoms with E-state index in [1.807, 2.05) is 6.07 Å². The van der Waals surface area contributed by atoms with Gasteiger partial charge in [0.1, 0.15) is 12.2 Å². The summed E-state index contributed by atoms with van der Waals surface area (Å²) in [5.41, 5.74) is 0. The Morgan fingerprint density at radius 2 is 1.83 bits per heavy atom. The van der Waals surface area contributed by atoms with Crippen LogP contribution in [-0.4, -0.2) is 56.2 Å². The normalized spacial score (nSPS) is 17.0. The van der Waals surface area contributed by atoms with Crippen molar-refractivity contribution in [3.8, 4) is 0 Å². The van der Waals surface area contributed by atoms with Gasteiger partial charge in [0.2, 0.25) is 5.95 Å². The minimum Gasteiger partial charge on any atom is -0.338 e. The summed E-state index contributed by atoms with van der Waals surface area (Å²) < 4.78 is 0. The van der Waals surface area contributed by atoms with E-state index in [0.717, 1.165) is 44.5 Å². The summed E-state index contributed by atoms with van der Waals surface area (Å²) in [4.78, 5) is 17.2. The highest BCUT2D eigenvalue weighted by Crippen LogP contribution is 2.10. The van der Waals surface area contributed by atoms with Crippen LogP contribution < -0.4 is 4.90 Å². The van der Waals surface area contributed by atoms with Gasteiger partial charge in [-0.05, 0) is 6.07 Å². The van der Waals surface area contributed by atoms with Gasteiger partial charge in [-0.3, -0.25) is 10.00 Å². The number of hydrogen-bond acceptors (Lipinski definition) is 6. The van der Waals surface area contributed by atoms with Gasteiger partial charge in [-0.15, -0.1) is 0 Å². The number of H-pyrrole nitrogens is 1. The smallest absolute Gasteiger partial charge is 0.225 e. The number of hydrogen-bond donors (Lipinski definition) is 1. The topological polar surface area (TPSA) is 73.8 Å². The van der Waals surface area contributed by atoms with E-state index in [4.69, 9.17) is 0 Å². The zero-order valence-corrected chi connectivity index (χ0v) is 10.0. The van der Waals surface area contributed by atoms with E-state index >= 15 is 0 Å². The molecule has 2 aromatic heterocycles. The van der Waals surface area contributed by atoms with Gasteiger partial charge < -0.3 is 4.90 Å². The predicted molar refractivity (Wildman–Crippen MR) is 65.9 cm³/mol. The van der Waals surface area contributed by atoms with Crippen molar-refractivity contribution in [2.75, 3.05) is 31.1 Å². The monoisotopic (exact) mass is 245 g/mol. The minimum absolute atomic E-state index is 0.816. The van der Waals surface area contributed by atoms with Crippen molar-refractivity contribution >= 4 is 5.95 Å². The molecule has 0 unspecified atom stereocenters. The molecular weight excluding hydrogens is 230 g/mol. The molecule has 18 heavy (non-hydrogen) atoms. The number of aromatic amines is 1. The van der Waals surface area contributed by atoms with Crippen LogP contribution in [0.1, 0.15) is 5.82 Å². The molecule has 1 fully saturated rings. The van der Waals surface area contributed by atoms with E-state index in [1.54, 1.807) is 18.7 Å². The maximum atomic E-state index is 4.27. The summed E-state index contributed by atoms with van der Waals surface area (Å²) in [7, 11) is 0. The largest absolute Gasteiger partial charge is 0.338 e. The summed E-state index contributed by atoms with van der Waals surface area (Å²) >= 11 is 0. The molecule has 2 aromatic rings. The first-order valence-electron chi connectivity index (χ1n) is 6.00. The standard InChI is InChI=1S/C11H15N7/c1-2-12-11(13-3-1)18-6-4-17(5-7-18)8-10-14-9-15-16-10/h1-3,9H,4-8H2,(H,14,15,16). The molecule has 0 radical (unpaired) electrons. The summed E-state index contributed by atoms with van der Waals surface area (Å²) in [6.45, 7) is 4.68. The molecule has 1 aliphatic heterocycles. The number of nitrogens with one attached hydrogen (secondary N) is 1. The Morgan fingerprint density at radius 1 is 1.06 bits per heavy atom. The lowest BCUT2D eigenvalue weighted by Gasteiger charge is -2.34. The van der Waals surface area contributed by atoms with Crippen LogP contribution in [0.5, 0.6) is 0 Å². The SMILES string of the molecule is c1cnc(N2CCN(Cc3ncn[nH]3)CC2)nc1. The predicted octanol–water partition coefficient (Wildman–Crippen LogP) is -0.0831. The Labute approximate surface area is 105 Å². The van der Waals surface area contributed by atoms with Gasteiger partial charge in [0.05, 0.1) is 6.54 Å². The van der Waals surface area contributed by atoms with E-state index in [0.29, 0.717) is 0 Å². The first-order valence-corrected chi connectivity index (χ1v) is 6.00. The third-order valence-electron chi connectivity index (χ3n) is 3.05. The molecular formula is C11H15N7. The Bertz CT molecular complexity index is 461. The quantitative estimate of drug-likeness (QED) is 0.815. The van der Waals surface area contributed by atoms with E-state index in [-0.39, 0.29) is 0 Å². The molecule has 0 amide bonds. The Hall–Kier alpha value is -2.02. The zero-order chi connectivity index (χ0) is 12.2. The third-order valence-corrected chi connectivity index (χ3v) is 3.05. The number of rotatable bonds is 3. The van der Waals surface area contributed by atoms with Crippen LogP contribution in [0, 0.1) is 0 Å². The second kappa shape index (κ2) is 5.09. The van der Waals surface area contributed by atoms with Gasteiger partial charge in [-0.2, -0.15) is 5.10 Å². The van der Waals surface area contributed by atoms with Crippen molar-refractivity contribution in [1.29, 1.82) is 0 Å². The van der Waals surface area contributed by atoms with Crippen LogP contribution in [0.4, 0.5) is 5.95 Å². The molecule has 0 bridgehead atoms. The van der Waals surface area contributed by atoms with Gasteiger partial charge >= 0.3 is 0 Å². The van der Waals surface area contributed by atoms with E-state index in [2.05, 4.69) is 34.9 Å². The number of aromatic nitrogens is 5. The van der Waals surface area contributed by atoms with Crippen LogP contribution in [0.2, 0.25) is 0 Å². The van der Waals surface area contributed by atoms with Crippen LogP contribution in [0.15, 0.2) is 24.8 Å². The van der Waals surface area contributed by atoms with Crippen molar-refractivity contribution in [3.63, 3.8) is 0 Å². The first kappa shape index (κ1) is 11.1. The molecule has 1 N–H and O–H groups in total. The maximum Gasteiger partial charge on any atom is 0.225 e. The van der Waals surface area contributed by atoms with E-state index < -0.39 is 0 Å². The van der Waals surface area contributed by atoms with Crippen LogP contribution in [0.3, 0.4) is 0 Å². The zero-order valence-electron chi connectivity index (χ0n) is 10.0.